The number of anilines is 2. The Labute approximate surface area is 144 Å². The third kappa shape index (κ3) is 3.17. The zero-order chi connectivity index (χ0) is 15.0. The first kappa shape index (κ1) is 15.1. The normalized spacial score (nSPS) is 17.3. The number of thiazole rings is 1. The molecule has 21 heavy (non-hydrogen) atoms. The van der Waals surface area contributed by atoms with E-state index in [2.05, 4.69) is 32.9 Å². The van der Waals surface area contributed by atoms with Gasteiger partial charge in [-0.1, -0.05) is 11.6 Å². The first-order valence-electron chi connectivity index (χ1n) is 6.49. The van der Waals surface area contributed by atoms with E-state index in [4.69, 9.17) is 11.6 Å². The van der Waals surface area contributed by atoms with E-state index in [9.17, 15) is 9.90 Å². The van der Waals surface area contributed by atoms with Crippen LogP contribution in [0.4, 0.5) is 10.8 Å². The van der Waals surface area contributed by atoms with Gasteiger partial charge in [0.15, 0.2) is 5.13 Å². The van der Waals surface area contributed by atoms with Crippen LogP contribution in [0.3, 0.4) is 0 Å². The molecule has 1 aromatic carbocycles. The van der Waals surface area contributed by atoms with Crippen molar-refractivity contribution in [3.05, 3.63) is 37.4 Å². The van der Waals surface area contributed by atoms with Crippen molar-refractivity contribution in [2.24, 2.45) is 0 Å². The van der Waals surface area contributed by atoms with E-state index in [-0.39, 0.29) is 0 Å². The number of carboxylic acid groups (broad SMARTS) is 1. The number of rotatable bonds is 3. The largest absolute Gasteiger partial charge is 0.481 e. The topological polar surface area (TPSA) is 62.2 Å². The van der Waals surface area contributed by atoms with Crippen molar-refractivity contribution in [3.63, 3.8) is 0 Å². The Morgan fingerprint density at radius 2 is 2.33 bits per heavy atom. The second-order valence-corrected chi connectivity index (χ2v) is 7.54. The van der Waals surface area contributed by atoms with E-state index < -0.39 is 11.9 Å². The van der Waals surface area contributed by atoms with Gasteiger partial charge >= 0.3 is 5.97 Å². The second-order valence-electron chi connectivity index (χ2n) is 4.86. The molecule has 0 bridgehead atoms. The van der Waals surface area contributed by atoms with Crippen LogP contribution in [0, 0.1) is 3.57 Å². The number of aromatic nitrogens is 1. The van der Waals surface area contributed by atoms with Gasteiger partial charge in [-0.3, -0.25) is 4.79 Å². The molecule has 0 fully saturated rings. The number of fused-ring (bicyclic) bond motifs is 1. The number of carboxylic acids is 1. The average Bonchev–Trinajstić information content (AvgIpc) is 2.83. The predicted octanol–water partition coefficient (Wildman–Crippen LogP) is 4.65. The molecule has 1 aliphatic rings. The predicted molar refractivity (Wildman–Crippen MR) is 92.9 cm³/mol. The quantitative estimate of drug-likeness (QED) is 0.690. The highest BCUT2D eigenvalue weighted by atomic mass is 127. The first-order valence-corrected chi connectivity index (χ1v) is 8.76. The van der Waals surface area contributed by atoms with E-state index in [1.807, 2.05) is 18.2 Å². The maximum absolute atomic E-state index is 11.3. The van der Waals surface area contributed by atoms with Crippen LogP contribution in [-0.4, -0.2) is 16.1 Å². The molecule has 110 valence electrons. The molecule has 2 aromatic rings. The molecule has 1 aliphatic carbocycles. The van der Waals surface area contributed by atoms with Crippen molar-refractivity contribution < 1.29 is 9.90 Å². The van der Waals surface area contributed by atoms with Crippen molar-refractivity contribution >= 4 is 62.3 Å². The minimum Gasteiger partial charge on any atom is -0.481 e. The van der Waals surface area contributed by atoms with Gasteiger partial charge in [-0.25, -0.2) is 4.98 Å². The van der Waals surface area contributed by atoms with Gasteiger partial charge in [-0.15, -0.1) is 11.3 Å². The van der Waals surface area contributed by atoms with Crippen LogP contribution in [0.1, 0.15) is 29.3 Å². The summed E-state index contributed by atoms with van der Waals surface area (Å²) in [6, 6.07) is 5.59. The Morgan fingerprint density at radius 3 is 3.05 bits per heavy atom. The summed E-state index contributed by atoms with van der Waals surface area (Å²) in [4.78, 5) is 16.9. The standard InChI is InChI=1S/C14H12ClIN2O2S/c15-7-4-5-10(9(16)6-7)17-14-18-12-8(13(19)20)2-1-3-11(12)21-14/h4-6,8H,1-3H2,(H,17,18)(H,19,20). The maximum atomic E-state index is 11.3. The Hall–Kier alpha value is -0.860. The van der Waals surface area contributed by atoms with Crippen molar-refractivity contribution in [2.75, 3.05) is 5.32 Å². The van der Waals surface area contributed by atoms with Gasteiger partial charge < -0.3 is 10.4 Å². The van der Waals surface area contributed by atoms with E-state index in [0.717, 1.165) is 37.8 Å². The number of nitrogens with one attached hydrogen (secondary N) is 1. The summed E-state index contributed by atoms with van der Waals surface area (Å²) >= 11 is 9.70. The third-order valence-corrected chi connectivity index (χ3v) is 5.60. The molecule has 3 rings (SSSR count). The Balaban J connectivity index is 1.89. The Kier molecular flexibility index (Phi) is 4.37. The van der Waals surface area contributed by atoms with Gasteiger partial charge in [0.25, 0.3) is 0 Å². The molecule has 0 saturated carbocycles. The second kappa shape index (κ2) is 6.10. The summed E-state index contributed by atoms with van der Waals surface area (Å²) in [5, 5.41) is 14.0. The van der Waals surface area contributed by atoms with E-state index in [0.29, 0.717) is 11.4 Å². The molecule has 1 heterocycles. The lowest BCUT2D eigenvalue weighted by Gasteiger charge is -2.16. The summed E-state index contributed by atoms with van der Waals surface area (Å²) in [7, 11) is 0. The zero-order valence-corrected chi connectivity index (χ0v) is 14.6. The molecule has 0 saturated heterocycles. The lowest BCUT2D eigenvalue weighted by atomic mass is 9.91. The fourth-order valence-corrected chi connectivity index (χ4v) is 4.50. The summed E-state index contributed by atoms with van der Waals surface area (Å²) in [6.45, 7) is 0. The number of carbonyl (C=O) groups is 1. The molecule has 7 heteroatoms. The number of hydrogen-bond donors (Lipinski definition) is 2. The Bertz CT molecular complexity index is 704. The van der Waals surface area contributed by atoms with Gasteiger partial charge in [0, 0.05) is 13.5 Å². The highest BCUT2D eigenvalue weighted by Crippen LogP contribution is 2.38. The molecule has 0 spiro atoms. The number of halogens is 2. The molecule has 4 nitrogen and oxygen atoms in total. The van der Waals surface area contributed by atoms with Crippen LogP contribution in [0.25, 0.3) is 0 Å². The lowest BCUT2D eigenvalue weighted by Crippen LogP contribution is -2.17. The average molecular weight is 435 g/mol. The van der Waals surface area contributed by atoms with Crippen LogP contribution in [0.2, 0.25) is 5.02 Å². The number of aryl methyl sites for hydroxylation is 1. The maximum Gasteiger partial charge on any atom is 0.312 e. The van der Waals surface area contributed by atoms with Gasteiger partial charge in [0.05, 0.1) is 11.4 Å². The highest BCUT2D eigenvalue weighted by molar-refractivity contribution is 14.1. The summed E-state index contributed by atoms with van der Waals surface area (Å²) in [5.41, 5.74) is 1.66. The van der Waals surface area contributed by atoms with Crippen LogP contribution < -0.4 is 5.32 Å². The first-order chi connectivity index (χ1) is 10.0. The number of nitrogens with zero attached hydrogens (tertiary/aromatic N) is 1. The molecule has 2 N–H and O–H groups in total. The molecule has 1 aromatic heterocycles. The smallest absolute Gasteiger partial charge is 0.312 e. The number of aliphatic carboxylic acids is 1. The monoisotopic (exact) mass is 434 g/mol. The van der Waals surface area contributed by atoms with Crippen LogP contribution in [0.5, 0.6) is 0 Å². The highest BCUT2D eigenvalue weighted by Gasteiger charge is 2.30. The van der Waals surface area contributed by atoms with Gasteiger partial charge in [0.2, 0.25) is 0 Å². The Morgan fingerprint density at radius 1 is 1.52 bits per heavy atom. The molecule has 1 atom stereocenters. The van der Waals surface area contributed by atoms with E-state index in [1.54, 1.807) is 11.3 Å². The minimum absolute atomic E-state index is 0.468. The molecule has 0 radical (unpaired) electrons. The lowest BCUT2D eigenvalue weighted by molar-refractivity contribution is -0.139. The zero-order valence-electron chi connectivity index (χ0n) is 10.9. The number of benzene rings is 1. The van der Waals surface area contributed by atoms with Crippen molar-refractivity contribution in [1.82, 2.24) is 4.98 Å². The van der Waals surface area contributed by atoms with Crippen LogP contribution in [0.15, 0.2) is 18.2 Å². The molecule has 1 unspecified atom stereocenters. The van der Waals surface area contributed by atoms with E-state index >= 15 is 0 Å². The molecule has 0 amide bonds. The van der Waals surface area contributed by atoms with Crippen molar-refractivity contribution in [3.8, 4) is 0 Å². The van der Waals surface area contributed by atoms with Gasteiger partial charge in [-0.05, 0) is 60.1 Å². The van der Waals surface area contributed by atoms with Crippen molar-refractivity contribution in [1.29, 1.82) is 0 Å². The van der Waals surface area contributed by atoms with Gasteiger partial charge in [-0.2, -0.15) is 0 Å². The molecule has 0 aliphatic heterocycles. The summed E-state index contributed by atoms with van der Waals surface area (Å²) in [6.07, 6.45) is 2.49. The number of hydrogen-bond acceptors (Lipinski definition) is 4. The SMILES string of the molecule is O=C(O)C1CCCc2sc(Nc3ccc(Cl)cc3I)nc21. The van der Waals surface area contributed by atoms with Crippen LogP contribution >= 0.6 is 45.5 Å². The van der Waals surface area contributed by atoms with Crippen LogP contribution in [-0.2, 0) is 11.2 Å². The fourth-order valence-electron chi connectivity index (χ4n) is 2.42. The molecular weight excluding hydrogens is 423 g/mol. The minimum atomic E-state index is -0.783. The fraction of sp³-hybridized carbons (Fsp3) is 0.286. The summed E-state index contributed by atoms with van der Waals surface area (Å²) in [5.74, 6) is -1.25. The van der Waals surface area contributed by atoms with Gasteiger partial charge in [0.1, 0.15) is 5.92 Å². The van der Waals surface area contributed by atoms with E-state index in [1.165, 1.54) is 0 Å². The molecular formula is C14H12ClIN2O2S. The third-order valence-electron chi connectivity index (χ3n) is 3.43. The summed E-state index contributed by atoms with van der Waals surface area (Å²) < 4.78 is 1.00. The van der Waals surface area contributed by atoms with Crippen molar-refractivity contribution in [2.45, 2.75) is 25.2 Å².